The lowest BCUT2D eigenvalue weighted by molar-refractivity contribution is -0.142. The van der Waals surface area contributed by atoms with Crippen LogP contribution in [-0.2, 0) is 9.53 Å². The fraction of sp³-hybridized carbons (Fsp3) is 0.750. The van der Waals surface area contributed by atoms with Gasteiger partial charge in [0.05, 0.1) is 0 Å². The molecule has 4 aliphatic carbocycles. The molecule has 7 atom stereocenters. The maximum atomic E-state index is 12.6. The Morgan fingerprint density at radius 1 is 1.10 bits per heavy atom. The normalized spacial score (nSPS) is 44.0. The summed E-state index contributed by atoms with van der Waals surface area (Å²) < 4.78 is 11.7. The number of Topliss-reactive ketones (excluding diaryl/α,β-unsaturated/α-hetero) is 1. The minimum Gasteiger partial charge on any atom is -0.457 e. The fourth-order valence-corrected chi connectivity index (χ4v) is 8.04. The Morgan fingerprint density at radius 2 is 1.93 bits per heavy atom. The van der Waals surface area contributed by atoms with E-state index >= 15 is 0 Å². The van der Waals surface area contributed by atoms with Crippen LogP contribution >= 0.6 is 15.9 Å². The molecular weight excluding hydrogens is 432 g/mol. The number of furan rings is 1. The van der Waals surface area contributed by atoms with Gasteiger partial charge in [-0.25, -0.2) is 4.79 Å². The highest BCUT2D eigenvalue weighted by molar-refractivity contribution is 9.10. The Hall–Kier alpha value is -1.10. The summed E-state index contributed by atoms with van der Waals surface area (Å²) in [6.07, 6.45) is 9.63. The molecule has 1 heterocycles. The highest BCUT2D eigenvalue weighted by Crippen LogP contribution is 2.65. The first-order valence-electron chi connectivity index (χ1n) is 11.3. The topological polar surface area (TPSA) is 56.5 Å². The van der Waals surface area contributed by atoms with Crippen molar-refractivity contribution in [2.75, 3.05) is 0 Å². The molecule has 1 aromatic rings. The molecule has 1 aromatic heterocycles. The number of ether oxygens (including phenoxy) is 1. The largest absolute Gasteiger partial charge is 0.457 e. The molecular formula is C24H31BrO4. The number of halogens is 1. The molecule has 4 aliphatic rings. The van der Waals surface area contributed by atoms with Gasteiger partial charge in [-0.15, -0.1) is 0 Å². The van der Waals surface area contributed by atoms with E-state index in [4.69, 9.17) is 9.15 Å². The maximum Gasteiger partial charge on any atom is 0.374 e. The highest BCUT2D eigenvalue weighted by Gasteiger charge is 2.60. The molecule has 5 heteroatoms. The van der Waals surface area contributed by atoms with Gasteiger partial charge in [0.25, 0.3) is 0 Å². The monoisotopic (exact) mass is 462 g/mol. The van der Waals surface area contributed by atoms with Gasteiger partial charge >= 0.3 is 5.97 Å². The Labute approximate surface area is 181 Å². The SMILES string of the molecule is C[C@]12CC[C@@H](OC(=O)c3ccc(Br)o3)C[C@@H]1CC[C@H]1[C@H]2CC[C@]2(C)C(=O)CC[C@H]12. The number of carbonyl (C=O) groups excluding carboxylic acids is 2. The Morgan fingerprint density at radius 3 is 2.69 bits per heavy atom. The van der Waals surface area contributed by atoms with E-state index in [0.29, 0.717) is 33.6 Å². The van der Waals surface area contributed by atoms with Gasteiger partial charge in [-0.1, -0.05) is 13.8 Å². The lowest BCUT2D eigenvalue weighted by Crippen LogP contribution is -2.54. The third-order valence-electron chi connectivity index (χ3n) is 9.37. The maximum absolute atomic E-state index is 12.6. The average Bonchev–Trinajstić information content (AvgIpc) is 3.25. The van der Waals surface area contributed by atoms with Crippen molar-refractivity contribution in [2.24, 2.45) is 34.5 Å². The van der Waals surface area contributed by atoms with E-state index < -0.39 is 0 Å². The molecule has 0 N–H and O–H groups in total. The zero-order valence-corrected chi connectivity index (χ0v) is 19.0. The molecule has 5 rings (SSSR count). The summed E-state index contributed by atoms with van der Waals surface area (Å²) in [5, 5.41) is 0. The van der Waals surface area contributed by atoms with Crippen molar-refractivity contribution in [2.45, 2.75) is 77.7 Å². The minimum atomic E-state index is -0.351. The van der Waals surface area contributed by atoms with Crippen LogP contribution in [-0.4, -0.2) is 17.9 Å². The number of rotatable bonds is 2. The Kier molecular flexibility index (Phi) is 4.76. The van der Waals surface area contributed by atoms with Crippen LogP contribution < -0.4 is 0 Å². The van der Waals surface area contributed by atoms with Gasteiger partial charge < -0.3 is 9.15 Å². The first kappa shape index (κ1) is 19.8. The van der Waals surface area contributed by atoms with Gasteiger partial charge in [0.2, 0.25) is 5.76 Å². The van der Waals surface area contributed by atoms with Crippen molar-refractivity contribution in [3.63, 3.8) is 0 Å². The van der Waals surface area contributed by atoms with E-state index in [0.717, 1.165) is 44.4 Å². The molecule has 4 saturated carbocycles. The van der Waals surface area contributed by atoms with E-state index in [1.165, 1.54) is 19.3 Å². The number of hydrogen-bond donors (Lipinski definition) is 0. The zero-order valence-electron chi connectivity index (χ0n) is 17.4. The summed E-state index contributed by atoms with van der Waals surface area (Å²) in [6.45, 7) is 4.75. The van der Waals surface area contributed by atoms with Crippen molar-refractivity contribution >= 4 is 27.7 Å². The average molecular weight is 463 g/mol. The van der Waals surface area contributed by atoms with Crippen molar-refractivity contribution in [1.82, 2.24) is 0 Å². The van der Waals surface area contributed by atoms with E-state index in [1.807, 2.05) is 0 Å². The summed E-state index contributed by atoms with van der Waals surface area (Å²) in [4.78, 5) is 25.0. The summed E-state index contributed by atoms with van der Waals surface area (Å²) in [6, 6.07) is 3.38. The number of fused-ring (bicyclic) bond motifs is 5. The van der Waals surface area contributed by atoms with E-state index in [-0.39, 0.29) is 23.2 Å². The molecule has 29 heavy (non-hydrogen) atoms. The quantitative estimate of drug-likeness (QED) is 0.492. The van der Waals surface area contributed by atoms with E-state index in [2.05, 4.69) is 29.8 Å². The predicted molar refractivity (Wildman–Crippen MR) is 112 cm³/mol. The second-order valence-corrected chi connectivity index (χ2v) is 11.3. The van der Waals surface area contributed by atoms with E-state index in [9.17, 15) is 9.59 Å². The number of carbonyl (C=O) groups is 2. The molecule has 0 unspecified atom stereocenters. The van der Waals surface area contributed by atoms with Gasteiger partial charge in [-0.3, -0.25) is 4.79 Å². The Balaban J connectivity index is 1.29. The van der Waals surface area contributed by atoms with Gasteiger partial charge in [0.15, 0.2) is 4.67 Å². The van der Waals surface area contributed by atoms with E-state index in [1.54, 1.807) is 12.1 Å². The Bertz CT molecular complexity index is 831. The molecule has 0 saturated heterocycles. The van der Waals surface area contributed by atoms with Crippen LogP contribution in [0.2, 0.25) is 0 Å². The van der Waals surface area contributed by atoms with Crippen LogP contribution in [0.5, 0.6) is 0 Å². The van der Waals surface area contributed by atoms with Crippen LogP contribution in [0.4, 0.5) is 0 Å². The van der Waals surface area contributed by atoms with Gasteiger partial charge in [-0.05, 0) is 109 Å². The lowest BCUT2D eigenvalue weighted by atomic mass is 9.45. The third kappa shape index (κ3) is 3.05. The first-order valence-corrected chi connectivity index (χ1v) is 12.1. The van der Waals surface area contributed by atoms with Crippen LogP contribution in [0.15, 0.2) is 21.2 Å². The molecule has 4 nitrogen and oxygen atoms in total. The lowest BCUT2D eigenvalue weighted by Gasteiger charge is -2.60. The molecule has 0 amide bonds. The molecule has 0 aromatic carbocycles. The first-order chi connectivity index (χ1) is 13.8. The number of ketones is 1. The second kappa shape index (κ2) is 6.96. The van der Waals surface area contributed by atoms with Crippen molar-refractivity contribution in [3.05, 3.63) is 22.6 Å². The molecule has 158 valence electrons. The molecule has 0 bridgehead atoms. The van der Waals surface area contributed by atoms with Crippen LogP contribution in [0, 0.1) is 34.5 Å². The highest BCUT2D eigenvalue weighted by atomic mass is 79.9. The summed E-state index contributed by atoms with van der Waals surface area (Å²) >= 11 is 3.24. The van der Waals surface area contributed by atoms with Crippen molar-refractivity contribution in [1.29, 1.82) is 0 Å². The third-order valence-corrected chi connectivity index (χ3v) is 9.80. The fourth-order valence-electron chi connectivity index (χ4n) is 7.73. The second-order valence-electron chi connectivity index (χ2n) is 10.5. The van der Waals surface area contributed by atoms with Crippen LogP contribution in [0.1, 0.15) is 82.2 Å². The smallest absolute Gasteiger partial charge is 0.374 e. The standard InChI is InChI=1S/C24H31BrO4/c1-23-11-9-15(28-22(27)19-6-8-21(25)29-19)13-14(23)3-4-16-17-5-7-20(26)24(17,2)12-10-18(16)23/h6,8,14-18H,3-5,7,9-13H2,1-2H3/t14-,15+,16+,17+,18+,23-,24-/m0/s1. The van der Waals surface area contributed by atoms with Gasteiger partial charge in [0, 0.05) is 11.8 Å². The van der Waals surface area contributed by atoms with Crippen molar-refractivity contribution in [3.8, 4) is 0 Å². The van der Waals surface area contributed by atoms with Crippen molar-refractivity contribution < 1.29 is 18.7 Å². The van der Waals surface area contributed by atoms with Gasteiger partial charge in [0.1, 0.15) is 11.9 Å². The predicted octanol–water partition coefficient (Wildman–Crippen LogP) is 6.18. The summed E-state index contributed by atoms with van der Waals surface area (Å²) in [5.41, 5.74) is 0.279. The number of hydrogen-bond acceptors (Lipinski definition) is 4. The minimum absolute atomic E-state index is 0.0112. The molecule has 4 fully saturated rings. The zero-order chi connectivity index (χ0) is 20.4. The van der Waals surface area contributed by atoms with Crippen LogP contribution in [0.3, 0.4) is 0 Å². The molecule has 0 aliphatic heterocycles. The van der Waals surface area contributed by atoms with Gasteiger partial charge in [-0.2, -0.15) is 0 Å². The summed E-state index contributed by atoms with van der Waals surface area (Å²) in [5.74, 6) is 3.08. The summed E-state index contributed by atoms with van der Waals surface area (Å²) in [7, 11) is 0. The molecule has 0 spiro atoms. The number of esters is 1. The van der Waals surface area contributed by atoms with Crippen LogP contribution in [0.25, 0.3) is 0 Å². The molecule has 0 radical (unpaired) electrons.